The van der Waals surface area contributed by atoms with Crippen molar-refractivity contribution < 1.29 is 19.2 Å². The Balaban J connectivity index is 1.71. The fraction of sp³-hybridized carbons (Fsp3) is 0.429. The van der Waals surface area contributed by atoms with E-state index in [0.29, 0.717) is 48.5 Å². The van der Waals surface area contributed by atoms with Crippen molar-refractivity contribution in [2.75, 3.05) is 36.5 Å². The summed E-state index contributed by atoms with van der Waals surface area (Å²) in [5.41, 5.74) is 7.54. The Bertz CT molecular complexity index is 1040. The third kappa shape index (κ3) is 4.26. The molecule has 1 aliphatic carbocycles. The van der Waals surface area contributed by atoms with Gasteiger partial charge in [0, 0.05) is 30.1 Å². The SMILES string of the molecule is C[C@@H]1CCc2c(sc(NC(=O)c3cc([N+](=O)[O-])ccc3N3CCOCC3)c2C(N)=O)C1. The van der Waals surface area contributed by atoms with Crippen LogP contribution >= 0.6 is 11.3 Å². The Morgan fingerprint density at radius 2 is 2.06 bits per heavy atom. The van der Waals surface area contributed by atoms with Gasteiger partial charge in [0.15, 0.2) is 0 Å². The fourth-order valence-electron chi connectivity index (χ4n) is 4.17. The van der Waals surface area contributed by atoms with Crippen LogP contribution in [0.15, 0.2) is 18.2 Å². The van der Waals surface area contributed by atoms with Gasteiger partial charge in [0.25, 0.3) is 17.5 Å². The minimum atomic E-state index is -0.574. The quantitative estimate of drug-likeness (QED) is 0.539. The summed E-state index contributed by atoms with van der Waals surface area (Å²) in [5, 5.41) is 14.5. The second-order valence-electron chi connectivity index (χ2n) is 7.93. The number of morpholine rings is 1. The molecule has 2 aromatic rings. The van der Waals surface area contributed by atoms with Gasteiger partial charge in [-0.25, -0.2) is 0 Å². The van der Waals surface area contributed by atoms with E-state index >= 15 is 0 Å². The smallest absolute Gasteiger partial charge is 0.270 e. The van der Waals surface area contributed by atoms with E-state index in [2.05, 4.69) is 12.2 Å². The van der Waals surface area contributed by atoms with Crippen molar-refractivity contribution in [2.45, 2.75) is 26.2 Å². The van der Waals surface area contributed by atoms with Gasteiger partial charge in [0.05, 0.1) is 35.0 Å². The number of carbonyl (C=O) groups excluding carboxylic acids is 2. The number of benzene rings is 1. The Morgan fingerprint density at radius 1 is 1.32 bits per heavy atom. The highest BCUT2D eigenvalue weighted by Crippen LogP contribution is 2.40. The second-order valence-corrected chi connectivity index (χ2v) is 9.04. The summed E-state index contributed by atoms with van der Waals surface area (Å²) in [5.74, 6) is -0.575. The molecule has 0 radical (unpaired) electrons. The molecule has 1 aromatic heterocycles. The maximum atomic E-state index is 13.3. The third-order valence-corrected chi connectivity index (χ3v) is 6.94. The molecule has 1 atom stereocenters. The highest BCUT2D eigenvalue weighted by Gasteiger charge is 2.29. The standard InChI is InChI=1S/C21H24N4O5S/c1-12-2-4-14-17(10-12)31-21(18(14)19(22)26)23-20(27)15-11-13(25(28)29)3-5-16(15)24-6-8-30-9-7-24/h3,5,11-12H,2,4,6-10H2,1H3,(H2,22,26)(H,23,27)/t12-/m1/s1. The summed E-state index contributed by atoms with van der Waals surface area (Å²) in [4.78, 5) is 39.3. The molecule has 31 heavy (non-hydrogen) atoms. The Hall–Kier alpha value is -2.98. The molecule has 1 aliphatic heterocycles. The number of nitrogens with two attached hydrogens (primary N) is 1. The molecule has 3 N–H and O–H groups in total. The van der Waals surface area contributed by atoms with Gasteiger partial charge < -0.3 is 20.7 Å². The zero-order chi connectivity index (χ0) is 22.1. The van der Waals surface area contributed by atoms with Gasteiger partial charge in [-0.15, -0.1) is 11.3 Å². The average Bonchev–Trinajstić information content (AvgIpc) is 3.10. The first kappa shape index (κ1) is 21.3. The lowest BCUT2D eigenvalue weighted by molar-refractivity contribution is -0.384. The van der Waals surface area contributed by atoms with Crippen LogP contribution < -0.4 is 16.0 Å². The lowest BCUT2D eigenvalue weighted by Gasteiger charge is -2.30. The molecule has 1 aromatic carbocycles. The number of rotatable bonds is 5. The number of hydrogen-bond acceptors (Lipinski definition) is 7. The van der Waals surface area contributed by atoms with Crippen LogP contribution in [0, 0.1) is 16.0 Å². The molecule has 0 bridgehead atoms. The number of nitrogens with zero attached hydrogens (tertiary/aromatic N) is 2. The normalized spacial score (nSPS) is 18.4. The first-order chi connectivity index (χ1) is 14.8. The number of nitro benzene ring substituents is 1. The largest absolute Gasteiger partial charge is 0.378 e. The molecule has 2 amide bonds. The lowest BCUT2D eigenvalue weighted by Crippen LogP contribution is -2.37. The minimum Gasteiger partial charge on any atom is -0.378 e. The number of ether oxygens (including phenoxy) is 1. The topological polar surface area (TPSA) is 128 Å². The van der Waals surface area contributed by atoms with Crippen LogP contribution in [0.2, 0.25) is 0 Å². The number of non-ortho nitro benzene ring substituents is 1. The number of hydrogen-bond donors (Lipinski definition) is 2. The predicted octanol–water partition coefficient (Wildman–Crippen LogP) is 2.97. The van der Waals surface area contributed by atoms with E-state index in [1.165, 1.54) is 23.5 Å². The van der Waals surface area contributed by atoms with Crippen molar-refractivity contribution in [3.05, 3.63) is 49.9 Å². The van der Waals surface area contributed by atoms with E-state index in [4.69, 9.17) is 10.5 Å². The molecule has 4 rings (SSSR count). The molecule has 1 fully saturated rings. The number of fused-ring (bicyclic) bond motifs is 1. The van der Waals surface area contributed by atoms with Crippen LogP contribution in [0.4, 0.5) is 16.4 Å². The van der Waals surface area contributed by atoms with Gasteiger partial charge in [-0.2, -0.15) is 0 Å². The zero-order valence-corrected chi connectivity index (χ0v) is 18.0. The molecule has 0 saturated carbocycles. The van der Waals surface area contributed by atoms with E-state index in [9.17, 15) is 19.7 Å². The molecule has 9 nitrogen and oxygen atoms in total. The van der Waals surface area contributed by atoms with Crippen molar-refractivity contribution in [2.24, 2.45) is 11.7 Å². The molecular formula is C21H24N4O5S. The van der Waals surface area contributed by atoms with E-state index in [0.717, 1.165) is 29.7 Å². The van der Waals surface area contributed by atoms with Crippen LogP contribution in [0.25, 0.3) is 0 Å². The highest BCUT2D eigenvalue weighted by atomic mass is 32.1. The molecular weight excluding hydrogens is 420 g/mol. The molecule has 2 heterocycles. The number of amides is 2. The predicted molar refractivity (Wildman–Crippen MR) is 118 cm³/mol. The van der Waals surface area contributed by atoms with Crippen molar-refractivity contribution in [1.82, 2.24) is 0 Å². The van der Waals surface area contributed by atoms with Gasteiger partial charge in [0.2, 0.25) is 0 Å². The second kappa shape index (κ2) is 8.64. The van der Waals surface area contributed by atoms with Crippen molar-refractivity contribution >= 4 is 39.5 Å². The summed E-state index contributed by atoms with van der Waals surface area (Å²) in [7, 11) is 0. The lowest BCUT2D eigenvalue weighted by atomic mass is 9.88. The number of anilines is 2. The average molecular weight is 445 g/mol. The summed E-state index contributed by atoms with van der Waals surface area (Å²) < 4.78 is 5.38. The minimum absolute atomic E-state index is 0.170. The van der Waals surface area contributed by atoms with Crippen LogP contribution in [-0.2, 0) is 17.6 Å². The molecule has 2 aliphatic rings. The van der Waals surface area contributed by atoms with Crippen LogP contribution in [-0.4, -0.2) is 43.0 Å². The molecule has 0 unspecified atom stereocenters. The monoisotopic (exact) mass is 444 g/mol. The zero-order valence-electron chi connectivity index (χ0n) is 17.2. The maximum absolute atomic E-state index is 13.3. The number of primary amides is 1. The Labute approximate surface area is 183 Å². The fourth-order valence-corrected chi connectivity index (χ4v) is 5.58. The van der Waals surface area contributed by atoms with Gasteiger partial charge in [-0.05, 0) is 36.8 Å². The Morgan fingerprint density at radius 3 is 2.74 bits per heavy atom. The summed E-state index contributed by atoms with van der Waals surface area (Å²) in [6.07, 6.45) is 2.55. The van der Waals surface area contributed by atoms with E-state index < -0.39 is 16.7 Å². The number of nitrogens with one attached hydrogen (secondary N) is 1. The van der Waals surface area contributed by atoms with Crippen LogP contribution in [0.1, 0.15) is 44.5 Å². The van der Waals surface area contributed by atoms with Gasteiger partial charge in [-0.1, -0.05) is 6.92 Å². The van der Waals surface area contributed by atoms with Crippen LogP contribution in [0.5, 0.6) is 0 Å². The number of thiophene rings is 1. The van der Waals surface area contributed by atoms with Gasteiger partial charge in [0.1, 0.15) is 5.00 Å². The first-order valence-electron chi connectivity index (χ1n) is 10.2. The molecule has 1 saturated heterocycles. The molecule has 0 spiro atoms. The maximum Gasteiger partial charge on any atom is 0.270 e. The van der Waals surface area contributed by atoms with Crippen molar-refractivity contribution in [3.8, 4) is 0 Å². The number of carbonyl (C=O) groups is 2. The summed E-state index contributed by atoms with van der Waals surface area (Å²) in [6, 6.07) is 4.26. The Kier molecular flexibility index (Phi) is 5.92. The summed E-state index contributed by atoms with van der Waals surface area (Å²) >= 11 is 1.37. The summed E-state index contributed by atoms with van der Waals surface area (Å²) in [6.45, 7) is 4.34. The highest BCUT2D eigenvalue weighted by molar-refractivity contribution is 7.17. The van der Waals surface area contributed by atoms with Gasteiger partial charge >= 0.3 is 0 Å². The van der Waals surface area contributed by atoms with Gasteiger partial charge in [-0.3, -0.25) is 19.7 Å². The van der Waals surface area contributed by atoms with E-state index in [-0.39, 0.29) is 11.3 Å². The number of nitro groups is 1. The van der Waals surface area contributed by atoms with Crippen LogP contribution in [0.3, 0.4) is 0 Å². The van der Waals surface area contributed by atoms with E-state index in [1.807, 2.05) is 4.90 Å². The molecule has 10 heteroatoms. The van der Waals surface area contributed by atoms with E-state index in [1.54, 1.807) is 6.07 Å². The van der Waals surface area contributed by atoms with Crippen molar-refractivity contribution in [1.29, 1.82) is 0 Å². The first-order valence-corrected chi connectivity index (χ1v) is 11.0. The third-order valence-electron chi connectivity index (χ3n) is 5.77. The van der Waals surface area contributed by atoms with Crippen molar-refractivity contribution in [3.63, 3.8) is 0 Å². The molecule has 164 valence electrons.